The van der Waals surface area contributed by atoms with Crippen LogP contribution in [0.2, 0.25) is 0 Å². The lowest BCUT2D eigenvalue weighted by Crippen LogP contribution is -2.33. The van der Waals surface area contributed by atoms with Crippen LogP contribution in [0.15, 0.2) is 48.5 Å². The largest absolute Gasteiger partial charge is 0.416 e. The highest BCUT2D eigenvalue weighted by atomic mass is 19.4. The molecule has 33 heavy (non-hydrogen) atoms. The quantitative estimate of drug-likeness (QED) is 0.285. The van der Waals surface area contributed by atoms with Gasteiger partial charge in [-0.05, 0) is 44.2 Å². The molecule has 0 atom stereocenters. The number of alkyl halides is 3. The molecule has 3 aromatic rings. The number of anilines is 4. The van der Waals surface area contributed by atoms with E-state index in [1.807, 2.05) is 38.1 Å². The van der Waals surface area contributed by atoms with Crippen LogP contribution < -0.4 is 21.3 Å². The molecule has 0 aliphatic rings. The van der Waals surface area contributed by atoms with Gasteiger partial charge in [0.1, 0.15) is 11.6 Å². The van der Waals surface area contributed by atoms with Crippen LogP contribution in [-0.2, 0) is 6.18 Å². The van der Waals surface area contributed by atoms with Crippen LogP contribution >= 0.6 is 0 Å². The van der Waals surface area contributed by atoms with E-state index < -0.39 is 23.6 Å². The maximum absolute atomic E-state index is 13.4. The highest BCUT2D eigenvalue weighted by Crippen LogP contribution is 2.31. The van der Waals surface area contributed by atoms with E-state index in [0.717, 1.165) is 23.0 Å². The van der Waals surface area contributed by atoms with Crippen molar-refractivity contribution in [1.29, 1.82) is 0 Å². The standard InChI is InChI=1S/C22H22F4N6O/c1-13-3-5-17(6-4-13)30-19-9-14(2)29-20(32-19)27-7-8-28-21(33)31-18-11-15(22(24,25)26)10-16(23)12-18/h3-6,9-12H,7-8H2,1-2H3,(H2,28,31,33)(H2,27,29,30,32). The SMILES string of the molecule is Cc1ccc(Nc2cc(C)nc(NCCNC(=O)Nc3cc(F)cc(C(F)(F)F)c3)n2)cc1. The molecule has 3 rings (SSSR count). The van der Waals surface area contributed by atoms with E-state index >= 15 is 0 Å². The highest BCUT2D eigenvalue weighted by molar-refractivity contribution is 5.89. The first kappa shape index (κ1) is 23.8. The Balaban J connectivity index is 1.50. The predicted octanol–water partition coefficient (Wildman–Crippen LogP) is 5.23. The van der Waals surface area contributed by atoms with Crippen molar-refractivity contribution in [3.8, 4) is 0 Å². The van der Waals surface area contributed by atoms with Crippen LogP contribution in [0.5, 0.6) is 0 Å². The van der Waals surface area contributed by atoms with Gasteiger partial charge in [0.2, 0.25) is 5.95 Å². The van der Waals surface area contributed by atoms with Crippen LogP contribution in [0.25, 0.3) is 0 Å². The zero-order valence-corrected chi connectivity index (χ0v) is 17.8. The zero-order chi connectivity index (χ0) is 24.0. The van der Waals surface area contributed by atoms with E-state index in [-0.39, 0.29) is 18.8 Å². The number of carbonyl (C=O) groups excluding carboxylic acids is 1. The number of hydrogen-bond donors (Lipinski definition) is 4. The van der Waals surface area contributed by atoms with E-state index in [1.165, 1.54) is 0 Å². The monoisotopic (exact) mass is 462 g/mol. The third-order valence-electron chi connectivity index (χ3n) is 4.35. The second-order valence-corrected chi connectivity index (χ2v) is 7.24. The number of aromatic nitrogens is 2. The van der Waals surface area contributed by atoms with Crippen LogP contribution in [-0.4, -0.2) is 29.1 Å². The van der Waals surface area contributed by atoms with Crippen molar-refractivity contribution in [2.75, 3.05) is 29.0 Å². The first-order valence-electron chi connectivity index (χ1n) is 9.94. The van der Waals surface area contributed by atoms with Gasteiger partial charge in [-0.2, -0.15) is 18.2 Å². The fourth-order valence-electron chi connectivity index (χ4n) is 2.85. The number of aryl methyl sites for hydroxylation is 2. The van der Waals surface area contributed by atoms with E-state index in [9.17, 15) is 22.4 Å². The topological polar surface area (TPSA) is 91.0 Å². The molecule has 0 saturated carbocycles. The summed E-state index contributed by atoms with van der Waals surface area (Å²) in [6, 6.07) is 10.6. The molecule has 2 aromatic carbocycles. The molecular formula is C22H22F4N6O. The number of nitrogens with one attached hydrogen (secondary N) is 4. The van der Waals surface area contributed by atoms with Crippen molar-refractivity contribution in [2.24, 2.45) is 0 Å². The summed E-state index contributed by atoms with van der Waals surface area (Å²) in [6.45, 7) is 4.17. The van der Waals surface area contributed by atoms with Gasteiger partial charge in [-0.1, -0.05) is 17.7 Å². The Hall–Kier alpha value is -3.89. The van der Waals surface area contributed by atoms with E-state index in [1.54, 1.807) is 6.07 Å². The van der Waals surface area contributed by atoms with Gasteiger partial charge >= 0.3 is 12.2 Å². The highest BCUT2D eigenvalue weighted by Gasteiger charge is 2.31. The molecule has 0 saturated heterocycles. The number of amides is 2. The third kappa shape index (κ3) is 7.34. The van der Waals surface area contributed by atoms with E-state index in [0.29, 0.717) is 23.9 Å². The van der Waals surface area contributed by atoms with Gasteiger partial charge in [-0.25, -0.2) is 14.2 Å². The predicted molar refractivity (Wildman–Crippen MR) is 118 cm³/mol. The van der Waals surface area contributed by atoms with Gasteiger partial charge < -0.3 is 21.3 Å². The van der Waals surface area contributed by atoms with E-state index in [2.05, 4.69) is 31.2 Å². The molecule has 0 fully saturated rings. The molecule has 1 heterocycles. The molecule has 4 N–H and O–H groups in total. The van der Waals surface area contributed by atoms with Gasteiger partial charge in [-0.15, -0.1) is 0 Å². The summed E-state index contributed by atoms with van der Waals surface area (Å²) in [5.41, 5.74) is 1.23. The second kappa shape index (κ2) is 10.2. The van der Waals surface area contributed by atoms with Gasteiger partial charge in [0.05, 0.1) is 5.56 Å². The zero-order valence-electron chi connectivity index (χ0n) is 17.8. The van der Waals surface area contributed by atoms with Gasteiger partial charge in [0, 0.05) is 36.2 Å². The number of rotatable bonds is 7. The Bertz CT molecular complexity index is 1120. The molecule has 0 bridgehead atoms. The normalized spacial score (nSPS) is 11.1. The lowest BCUT2D eigenvalue weighted by molar-refractivity contribution is -0.137. The van der Waals surface area contributed by atoms with Gasteiger partial charge in [0.25, 0.3) is 0 Å². The molecular weight excluding hydrogens is 440 g/mol. The first-order chi connectivity index (χ1) is 15.6. The fourth-order valence-corrected chi connectivity index (χ4v) is 2.85. The maximum Gasteiger partial charge on any atom is 0.416 e. The summed E-state index contributed by atoms with van der Waals surface area (Å²) in [7, 11) is 0. The number of hydrogen-bond acceptors (Lipinski definition) is 5. The summed E-state index contributed by atoms with van der Waals surface area (Å²) in [5.74, 6) is -0.175. The molecule has 7 nitrogen and oxygen atoms in total. The van der Waals surface area contributed by atoms with Crippen LogP contribution in [0, 0.1) is 19.7 Å². The summed E-state index contributed by atoms with van der Waals surface area (Å²) in [6.07, 6.45) is -4.72. The van der Waals surface area contributed by atoms with Gasteiger partial charge in [0.15, 0.2) is 0 Å². The van der Waals surface area contributed by atoms with Crippen molar-refractivity contribution in [3.63, 3.8) is 0 Å². The molecule has 0 aliphatic carbocycles. The molecule has 0 spiro atoms. The first-order valence-corrected chi connectivity index (χ1v) is 9.94. The van der Waals surface area contributed by atoms with Gasteiger partial charge in [-0.3, -0.25) is 0 Å². The number of nitrogens with zero attached hydrogens (tertiary/aromatic N) is 2. The van der Waals surface area contributed by atoms with E-state index in [4.69, 9.17) is 0 Å². The lowest BCUT2D eigenvalue weighted by atomic mass is 10.2. The minimum Gasteiger partial charge on any atom is -0.352 e. The Kier molecular flexibility index (Phi) is 7.31. The molecule has 2 amide bonds. The minimum absolute atomic E-state index is 0.116. The minimum atomic E-state index is -4.72. The van der Waals surface area contributed by atoms with Crippen molar-refractivity contribution >= 4 is 29.2 Å². The molecule has 174 valence electrons. The van der Waals surface area contributed by atoms with Crippen LogP contribution in [0.4, 0.5) is 45.5 Å². The molecule has 0 unspecified atom stereocenters. The Morgan fingerprint density at radius 1 is 0.939 bits per heavy atom. The lowest BCUT2D eigenvalue weighted by Gasteiger charge is -2.12. The summed E-state index contributed by atoms with van der Waals surface area (Å²) < 4.78 is 51.7. The van der Waals surface area contributed by atoms with Crippen LogP contribution in [0.3, 0.4) is 0 Å². The van der Waals surface area contributed by atoms with Crippen LogP contribution in [0.1, 0.15) is 16.8 Å². The Labute approximate surface area is 187 Å². The fraction of sp³-hybridized carbons (Fsp3) is 0.227. The summed E-state index contributed by atoms with van der Waals surface area (Å²) in [5, 5.41) is 10.8. The Morgan fingerprint density at radius 2 is 1.67 bits per heavy atom. The molecule has 0 aliphatic heterocycles. The summed E-state index contributed by atoms with van der Waals surface area (Å²) >= 11 is 0. The average molecular weight is 462 g/mol. The second-order valence-electron chi connectivity index (χ2n) is 7.24. The van der Waals surface area contributed by atoms with Crippen molar-refractivity contribution in [2.45, 2.75) is 20.0 Å². The number of benzene rings is 2. The van der Waals surface area contributed by atoms with Crippen molar-refractivity contribution in [3.05, 3.63) is 71.2 Å². The number of urea groups is 1. The smallest absolute Gasteiger partial charge is 0.352 e. The molecule has 11 heteroatoms. The maximum atomic E-state index is 13.4. The average Bonchev–Trinajstić information content (AvgIpc) is 2.71. The molecule has 0 radical (unpaired) electrons. The number of halogens is 4. The Morgan fingerprint density at radius 3 is 2.36 bits per heavy atom. The molecule has 1 aromatic heterocycles. The third-order valence-corrected chi connectivity index (χ3v) is 4.35. The van der Waals surface area contributed by atoms with Crippen molar-refractivity contribution in [1.82, 2.24) is 15.3 Å². The summed E-state index contributed by atoms with van der Waals surface area (Å²) in [4.78, 5) is 20.6. The number of carbonyl (C=O) groups is 1. The van der Waals surface area contributed by atoms with Crippen molar-refractivity contribution < 1.29 is 22.4 Å².